The van der Waals surface area contributed by atoms with Crippen LogP contribution in [0.25, 0.3) is 56.2 Å². The lowest BCUT2D eigenvalue weighted by Gasteiger charge is -2.14. The fourth-order valence-corrected chi connectivity index (χ4v) is 4.80. The molecule has 0 spiro atoms. The average Bonchev–Trinajstić information content (AvgIpc) is 3.02. The number of rotatable bonds is 6. The molecule has 0 amide bonds. The predicted octanol–water partition coefficient (Wildman–Crippen LogP) is 9.33. The van der Waals surface area contributed by atoms with Crippen molar-refractivity contribution in [3.8, 4) is 56.2 Å². The highest BCUT2D eigenvalue weighted by atomic mass is 15.0. The highest BCUT2D eigenvalue weighted by Gasteiger charge is 2.17. The molecule has 1 aromatic heterocycles. The summed E-state index contributed by atoms with van der Waals surface area (Å²) in [5.41, 5.74) is 8.78. The summed E-state index contributed by atoms with van der Waals surface area (Å²) in [6.45, 7) is 4.25. The minimum Gasteiger partial charge on any atom is -0.213 e. The highest BCUT2D eigenvalue weighted by Crippen LogP contribution is 2.34. The molecule has 0 fully saturated rings. The first-order valence-electron chi connectivity index (χ1n) is 13.3. The summed E-state index contributed by atoms with van der Waals surface area (Å²) in [7, 11) is 0. The number of aromatic nitrogens is 3. The second kappa shape index (κ2) is 10.8. The molecule has 0 N–H and O–H groups in total. The molecule has 3 heteroatoms. The van der Waals surface area contributed by atoms with Crippen molar-refractivity contribution in [3.05, 3.63) is 139 Å². The summed E-state index contributed by atoms with van der Waals surface area (Å²) >= 11 is 0. The van der Waals surface area contributed by atoms with Crippen molar-refractivity contribution >= 4 is 0 Å². The third kappa shape index (κ3) is 5.25. The van der Waals surface area contributed by atoms with Gasteiger partial charge in [-0.05, 0) is 51.6 Å². The van der Waals surface area contributed by atoms with Crippen LogP contribution in [0.2, 0.25) is 0 Å². The molecule has 39 heavy (non-hydrogen) atoms. The molecular formula is C36H29N3. The Kier molecular flexibility index (Phi) is 6.80. The highest BCUT2D eigenvalue weighted by molar-refractivity contribution is 5.82. The Labute approximate surface area is 229 Å². The van der Waals surface area contributed by atoms with Gasteiger partial charge in [-0.2, -0.15) is 0 Å². The lowest BCUT2D eigenvalue weighted by Crippen LogP contribution is -2.05. The second-order valence-electron chi connectivity index (χ2n) is 9.94. The van der Waals surface area contributed by atoms with Gasteiger partial charge in [0, 0.05) is 17.0 Å². The lowest BCUT2D eigenvalue weighted by molar-refractivity contribution is 0.766. The number of benzene rings is 5. The van der Waals surface area contributed by atoms with Gasteiger partial charge >= 0.3 is 0 Å². The molecule has 6 aromatic rings. The molecule has 0 saturated carbocycles. The second-order valence-corrected chi connectivity index (χ2v) is 9.94. The van der Waals surface area contributed by atoms with E-state index in [1.165, 1.54) is 0 Å². The molecule has 0 aliphatic carbocycles. The van der Waals surface area contributed by atoms with E-state index in [4.69, 9.17) is 15.0 Å². The first kappa shape index (κ1) is 24.4. The monoisotopic (exact) mass is 503 g/mol. The maximum atomic E-state index is 5.09. The molecule has 3 nitrogen and oxygen atoms in total. The molecule has 6 rings (SSSR count). The van der Waals surface area contributed by atoms with Gasteiger partial charge in [0.2, 0.25) is 0 Å². The van der Waals surface area contributed by atoms with Crippen LogP contribution >= 0.6 is 0 Å². The SMILES string of the molecule is CC(C)c1nc(-c2cc(-c3ccccc3)cc(-c3ccccc3)c2)nc(-c2ccccc2-c2ccccc2)n1. The molecule has 0 aliphatic rings. The van der Waals surface area contributed by atoms with Crippen LogP contribution in [0.15, 0.2) is 133 Å². The summed E-state index contributed by atoms with van der Waals surface area (Å²) in [4.78, 5) is 15.0. The average molecular weight is 504 g/mol. The van der Waals surface area contributed by atoms with Crippen molar-refractivity contribution < 1.29 is 0 Å². The van der Waals surface area contributed by atoms with Crippen LogP contribution in [0.4, 0.5) is 0 Å². The Balaban J connectivity index is 1.56. The normalized spacial score (nSPS) is 11.1. The van der Waals surface area contributed by atoms with Crippen LogP contribution in [0.3, 0.4) is 0 Å². The molecule has 5 aromatic carbocycles. The Hall–Kier alpha value is -4.89. The van der Waals surface area contributed by atoms with Gasteiger partial charge in [-0.1, -0.05) is 129 Å². The Morgan fingerprint density at radius 3 is 1.36 bits per heavy atom. The van der Waals surface area contributed by atoms with Gasteiger partial charge in [0.05, 0.1) is 0 Å². The van der Waals surface area contributed by atoms with Crippen molar-refractivity contribution in [2.45, 2.75) is 19.8 Å². The quantitative estimate of drug-likeness (QED) is 0.227. The number of hydrogen-bond acceptors (Lipinski definition) is 3. The fourth-order valence-electron chi connectivity index (χ4n) is 4.80. The summed E-state index contributed by atoms with van der Waals surface area (Å²) in [5, 5.41) is 0. The molecule has 0 atom stereocenters. The van der Waals surface area contributed by atoms with Crippen LogP contribution in [0.1, 0.15) is 25.6 Å². The molecule has 0 radical (unpaired) electrons. The van der Waals surface area contributed by atoms with E-state index < -0.39 is 0 Å². The largest absolute Gasteiger partial charge is 0.213 e. The zero-order valence-corrected chi connectivity index (χ0v) is 22.1. The van der Waals surface area contributed by atoms with Crippen LogP contribution in [-0.4, -0.2) is 15.0 Å². The van der Waals surface area contributed by atoms with Gasteiger partial charge in [0.25, 0.3) is 0 Å². The van der Waals surface area contributed by atoms with E-state index in [0.717, 1.165) is 50.3 Å². The Morgan fingerprint density at radius 1 is 0.385 bits per heavy atom. The summed E-state index contributed by atoms with van der Waals surface area (Å²) in [6.07, 6.45) is 0. The maximum Gasteiger partial charge on any atom is 0.164 e. The smallest absolute Gasteiger partial charge is 0.164 e. The lowest BCUT2D eigenvalue weighted by atomic mass is 9.95. The van der Waals surface area contributed by atoms with Crippen LogP contribution in [-0.2, 0) is 0 Å². The van der Waals surface area contributed by atoms with Crippen molar-refractivity contribution in [2.75, 3.05) is 0 Å². The van der Waals surface area contributed by atoms with E-state index in [1.54, 1.807) is 0 Å². The number of hydrogen-bond donors (Lipinski definition) is 0. The van der Waals surface area contributed by atoms with Crippen LogP contribution in [0, 0.1) is 0 Å². The molecule has 0 bridgehead atoms. The van der Waals surface area contributed by atoms with Gasteiger partial charge in [-0.25, -0.2) is 15.0 Å². The van der Waals surface area contributed by atoms with Gasteiger partial charge in [-0.3, -0.25) is 0 Å². The standard InChI is InChI=1S/C36H29N3/c1-25(2)34-37-35(39-36(38-34)33-21-13-12-20-32(33)28-18-10-5-11-19-28)31-23-29(26-14-6-3-7-15-26)22-30(24-31)27-16-8-4-9-17-27/h3-25H,1-2H3. The third-order valence-electron chi connectivity index (χ3n) is 6.83. The van der Waals surface area contributed by atoms with Crippen molar-refractivity contribution in [1.29, 1.82) is 0 Å². The molecular weight excluding hydrogens is 474 g/mol. The zero-order valence-electron chi connectivity index (χ0n) is 22.1. The van der Waals surface area contributed by atoms with Gasteiger partial charge in [-0.15, -0.1) is 0 Å². The van der Waals surface area contributed by atoms with Crippen molar-refractivity contribution in [2.24, 2.45) is 0 Å². The minimum atomic E-state index is 0.153. The molecule has 0 saturated heterocycles. The van der Waals surface area contributed by atoms with E-state index in [2.05, 4.69) is 123 Å². The predicted molar refractivity (Wildman–Crippen MR) is 161 cm³/mol. The molecule has 0 unspecified atom stereocenters. The summed E-state index contributed by atoms with van der Waals surface area (Å²) in [5.74, 6) is 2.31. The minimum absolute atomic E-state index is 0.153. The molecule has 0 aliphatic heterocycles. The third-order valence-corrected chi connectivity index (χ3v) is 6.83. The summed E-state index contributed by atoms with van der Waals surface area (Å²) in [6, 6.07) is 46.3. The van der Waals surface area contributed by atoms with E-state index >= 15 is 0 Å². The van der Waals surface area contributed by atoms with Crippen LogP contribution in [0.5, 0.6) is 0 Å². The van der Waals surface area contributed by atoms with Gasteiger partial charge in [0.1, 0.15) is 5.82 Å². The van der Waals surface area contributed by atoms with Crippen molar-refractivity contribution in [1.82, 2.24) is 15.0 Å². The van der Waals surface area contributed by atoms with Crippen LogP contribution < -0.4 is 0 Å². The topological polar surface area (TPSA) is 38.7 Å². The molecule has 188 valence electrons. The van der Waals surface area contributed by atoms with Gasteiger partial charge < -0.3 is 0 Å². The van der Waals surface area contributed by atoms with Gasteiger partial charge in [0.15, 0.2) is 11.6 Å². The van der Waals surface area contributed by atoms with E-state index in [-0.39, 0.29) is 5.92 Å². The van der Waals surface area contributed by atoms with E-state index in [9.17, 15) is 0 Å². The Bertz CT molecular complexity index is 1650. The fraction of sp³-hybridized carbons (Fsp3) is 0.0833. The summed E-state index contributed by atoms with van der Waals surface area (Å²) < 4.78 is 0. The zero-order chi connectivity index (χ0) is 26.6. The Morgan fingerprint density at radius 2 is 0.821 bits per heavy atom. The van der Waals surface area contributed by atoms with E-state index in [1.807, 2.05) is 24.3 Å². The first-order valence-corrected chi connectivity index (χ1v) is 13.3. The number of nitrogens with zero attached hydrogens (tertiary/aromatic N) is 3. The maximum absolute atomic E-state index is 5.09. The van der Waals surface area contributed by atoms with E-state index in [0.29, 0.717) is 11.6 Å². The van der Waals surface area contributed by atoms with Crippen molar-refractivity contribution in [3.63, 3.8) is 0 Å². The molecule has 1 heterocycles. The first-order chi connectivity index (χ1) is 19.2.